The number of hydrogen-bond donors (Lipinski definition) is 2. The molecule has 0 radical (unpaired) electrons. The molecule has 3 atom stereocenters. The zero-order valence-corrected chi connectivity index (χ0v) is 43.9. The molecule has 10 rings (SSSR count). The van der Waals surface area contributed by atoms with Gasteiger partial charge in [-0.1, -0.05) is 23.2 Å². The Hall–Kier alpha value is -6.74. The molecule has 4 aliphatic heterocycles. The average Bonchev–Trinajstić information content (AvgIpc) is 3.41. The van der Waals surface area contributed by atoms with Crippen molar-refractivity contribution < 1.29 is 46.8 Å². The zero-order valence-electron chi connectivity index (χ0n) is 42.4. The molecule has 4 aliphatic rings. The molecule has 22 heteroatoms. The first-order chi connectivity index (χ1) is 36.2. The topological polar surface area (TPSA) is 178 Å². The van der Waals surface area contributed by atoms with Crippen LogP contribution >= 0.6 is 23.2 Å². The summed E-state index contributed by atoms with van der Waals surface area (Å²) in [6, 6.07) is 16.2. The molecule has 4 saturated heterocycles. The van der Waals surface area contributed by atoms with E-state index in [0.717, 1.165) is 0 Å². The first-order valence-corrected chi connectivity index (χ1v) is 25.7. The lowest BCUT2D eigenvalue weighted by Crippen LogP contribution is -2.54. The number of rotatable bonds is 10. The van der Waals surface area contributed by atoms with Crippen molar-refractivity contribution in [2.75, 3.05) is 83.8 Å². The molecular formula is C53H60Cl2F2N10O8. The Morgan fingerprint density at radius 3 is 1.44 bits per heavy atom. The summed E-state index contributed by atoms with van der Waals surface area (Å²) in [6.07, 6.45) is 5.67. The van der Waals surface area contributed by atoms with Crippen LogP contribution in [0.4, 0.5) is 41.4 Å². The number of nitrogens with one attached hydrogen (secondary N) is 2. The molecule has 18 nitrogen and oxygen atoms in total. The highest BCUT2D eigenvalue weighted by atomic mass is 35.5. The Morgan fingerprint density at radius 2 is 1.01 bits per heavy atom. The number of nitrogens with zero attached hydrogens (tertiary/aromatic N) is 8. The number of likely N-dealkylation sites (tertiary alicyclic amines) is 2. The molecule has 0 bridgehead atoms. The molecule has 2 aromatic heterocycles. The van der Waals surface area contributed by atoms with Crippen LogP contribution < -0.4 is 29.6 Å². The number of carbonyl (C=O) groups is 2. The number of benzene rings is 4. The Bertz CT molecular complexity index is 2990. The lowest BCUT2D eigenvalue weighted by Gasteiger charge is -2.40. The van der Waals surface area contributed by atoms with E-state index in [-0.39, 0.29) is 52.6 Å². The minimum Gasteiger partial charge on any atom is -0.493 e. The van der Waals surface area contributed by atoms with Gasteiger partial charge < -0.3 is 58.7 Å². The minimum absolute atomic E-state index is 0.0153. The maximum absolute atomic E-state index is 13.6. The van der Waals surface area contributed by atoms with Crippen molar-refractivity contribution in [2.24, 2.45) is 0 Å². The SMILES string of the molecule is COc1cc2ncnc(Nc3ccc(F)c(Cl)c3)c2cc1OC1CCN(C(=O)N2CCOC(C)C2)CC1.COc1cc2ncnc(Nc3ccc(F)c(Cl)c3)c2cc1OC1CCN(C(=O)N2C[C@@H](C)O[C@@H](C)C2)CC1. The molecule has 75 heavy (non-hydrogen) atoms. The Balaban J connectivity index is 0.000000184. The van der Waals surface area contributed by atoms with E-state index >= 15 is 0 Å². The Labute approximate surface area is 443 Å². The average molecular weight is 1070 g/mol. The maximum Gasteiger partial charge on any atom is 0.320 e. The quantitative estimate of drug-likeness (QED) is 0.132. The molecule has 4 aromatic carbocycles. The van der Waals surface area contributed by atoms with Crippen molar-refractivity contribution in [1.29, 1.82) is 0 Å². The molecular weight excluding hydrogens is 1010 g/mol. The van der Waals surface area contributed by atoms with E-state index in [4.69, 9.17) is 51.6 Å². The van der Waals surface area contributed by atoms with E-state index in [0.29, 0.717) is 152 Å². The molecule has 1 unspecified atom stereocenters. The normalized spacial score (nSPS) is 19.6. The molecule has 0 spiro atoms. The highest BCUT2D eigenvalue weighted by molar-refractivity contribution is 6.31. The van der Waals surface area contributed by atoms with Crippen LogP contribution in [0, 0.1) is 11.6 Å². The third-order valence-electron chi connectivity index (χ3n) is 13.4. The second-order valence-corrected chi connectivity index (χ2v) is 19.8. The Kier molecular flexibility index (Phi) is 16.9. The number of carbonyl (C=O) groups excluding carboxylic acids is 2. The van der Waals surface area contributed by atoms with Gasteiger partial charge in [-0.05, 0) is 69.3 Å². The van der Waals surface area contributed by atoms with Crippen LogP contribution in [0.2, 0.25) is 10.0 Å². The number of piperidine rings is 2. The summed E-state index contributed by atoms with van der Waals surface area (Å²) in [4.78, 5) is 51.0. The van der Waals surface area contributed by atoms with Gasteiger partial charge in [0.15, 0.2) is 23.0 Å². The standard InChI is InChI=1S/C27H31ClFN5O4.C26H29ClFN5O4/c1-16-13-34(14-17(2)37-16)27(35)33-8-6-19(7-9-33)38-25-11-20-23(12-24(25)36-3)30-15-31-26(20)32-18-4-5-22(29)21(28)10-18;1-16-14-33(9-10-36-16)26(34)32-7-5-18(6-8-32)37-24-12-19-22(13-23(24)35-2)29-15-30-25(19)31-17-3-4-21(28)20(27)11-17/h4-5,10-12,15-17,19H,6-9,13-14H2,1-3H3,(H,30,31,32);3-4,11-13,15-16,18H,5-10,14H2,1-2H3,(H,29,30,31)/t16-,17+;. The van der Waals surface area contributed by atoms with Crippen LogP contribution in [-0.4, -0.2) is 155 Å². The summed E-state index contributed by atoms with van der Waals surface area (Å²) in [6.45, 7) is 11.5. The predicted octanol–water partition coefficient (Wildman–Crippen LogP) is 10.1. The Morgan fingerprint density at radius 1 is 0.573 bits per heavy atom. The summed E-state index contributed by atoms with van der Waals surface area (Å²) < 4.78 is 62.4. The van der Waals surface area contributed by atoms with Crippen molar-refractivity contribution in [3.63, 3.8) is 0 Å². The number of aromatic nitrogens is 4. The lowest BCUT2D eigenvalue weighted by atomic mass is 10.1. The highest BCUT2D eigenvalue weighted by Gasteiger charge is 2.33. The summed E-state index contributed by atoms with van der Waals surface area (Å²) in [7, 11) is 3.17. The van der Waals surface area contributed by atoms with Crippen LogP contribution in [0.1, 0.15) is 46.5 Å². The van der Waals surface area contributed by atoms with Gasteiger partial charge in [-0.2, -0.15) is 0 Å². The number of fused-ring (bicyclic) bond motifs is 2. The van der Waals surface area contributed by atoms with E-state index in [2.05, 4.69) is 30.6 Å². The fourth-order valence-corrected chi connectivity index (χ4v) is 10.0. The van der Waals surface area contributed by atoms with E-state index in [1.807, 2.05) is 52.5 Å². The minimum atomic E-state index is -0.494. The zero-order chi connectivity index (χ0) is 52.8. The van der Waals surface area contributed by atoms with Crippen LogP contribution in [0.25, 0.3) is 21.8 Å². The second kappa shape index (κ2) is 23.9. The van der Waals surface area contributed by atoms with Gasteiger partial charge in [-0.15, -0.1) is 0 Å². The molecule has 398 valence electrons. The molecule has 4 fully saturated rings. The van der Waals surface area contributed by atoms with Gasteiger partial charge in [0.2, 0.25) is 0 Å². The van der Waals surface area contributed by atoms with Crippen molar-refractivity contribution in [1.82, 2.24) is 39.5 Å². The monoisotopic (exact) mass is 1070 g/mol. The lowest BCUT2D eigenvalue weighted by molar-refractivity contribution is -0.0593. The smallest absolute Gasteiger partial charge is 0.320 e. The van der Waals surface area contributed by atoms with Crippen molar-refractivity contribution in [3.8, 4) is 23.0 Å². The number of morpholine rings is 2. The predicted molar refractivity (Wildman–Crippen MR) is 281 cm³/mol. The van der Waals surface area contributed by atoms with Gasteiger partial charge in [-0.3, -0.25) is 0 Å². The largest absolute Gasteiger partial charge is 0.493 e. The maximum atomic E-state index is 13.6. The number of hydrogen-bond acceptors (Lipinski definition) is 14. The van der Waals surface area contributed by atoms with E-state index < -0.39 is 11.6 Å². The molecule has 0 saturated carbocycles. The van der Waals surface area contributed by atoms with Gasteiger partial charge in [-0.25, -0.2) is 38.3 Å². The summed E-state index contributed by atoms with van der Waals surface area (Å²) >= 11 is 11.9. The van der Waals surface area contributed by atoms with Crippen LogP contribution in [-0.2, 0) is 9.47 Å². The van der Waals surface area contributed by atoms with Gasteiger partial charge >= 0.3 is 12.1 Å². The molecule has 6 aromatic rings. The second-order valence-electron chi connectivity index (χ2n) is 19.0. The van der Waals surface area contributed by atoms with Gasteiger partial charge in [0.1, 0.15) is 48.1 Å². The van der Waals surface area contributed by atoms with E-state index in [1.54, 1.807) is 38.5 Å². The van der Waals surface area contributed by atoms with Gasteiger partial charge in [0, 0.05) is 112 Å². The van der Waals surface area contributed by atoms with Crippen LogP contribution in [0.15, 0.2) is 73.3 Å². The number of urea groups is 2. The number of ether oxygens (including phenoxy) is 6. The first kappa shape index (κ1) is 53.1. The molecule has 6 heterocycles. The first-order valence-electron chi connectivity index (χ1n) is 25.0. The number of halogens is 4. The van der Waals surface area contributed by atoms with Gasteiger partial charge in [0.05, 0.1) is 60.2 Å². The summed E-state index contributed by atoms with van der Waals surface area (Å²) in [5.41, 5.74) is 2.51. The van der Waals surface area contributed by atoms with Crippen molar-refractivity contribution in [3.05, 3.63) is 95.0 Å². The highest BCUT2D eigenvalue weighted by Crippen LogP contribution is 2.39. The fraction of sp³-hybridized carbons (Fsp3) is 0.434. The molecule has 0 aliphatic carbocycles. The molecule has 4 amide bonds. The summed E-state index contributed by atoms with van der Waals surface area (Å²) in [5, 5.41) is 7.82. The molecule has 2 N–H and O–H groups in total. The third kappa shape index (κ3) is 12.9. The third-order valence-corrected chi connectivity index (χ3v) is 14.0. The van der Waals surface area contributed by atoms with Crippen molar-refractivity contribution in [2.45, 2.75) is 77.0 Å². The summed E-state index contributed by atoms with van der Waals surface area (Å²) in [5.74, 6) is 2.32. The van der Waals surface area contributed by atoms with Crippen LogP contribution in [0.3, 0.4) is 0 Å². The number of methoxy groups -OCH3 is 2. The number of anilines is 4. The van der Waals surface area contributed by atoms with E-state index in [1.165, 1.54) is 36.9 Å². The fourth-order valence-electron chi connectivity index (χ4n) is 9.67. The number of amides is 4. The van der Waals surface area contributed by atoms with Gasteiger partial charge in [0.25, 0.3) is 0 Å². The van der Waals surface area contributed by atoms with E-state index in [9.17, 15) is 18.4 Å². The van der Waals surface area contributed by atoms with Crippen LogP contribution in [0.5, 0.6) is 23.0 Å². The van der Waals surface area contributed by atoms with Crippen molar-refractivity contribution >= 4 is 80.1 Å².